The molecule has 1 aliphatic carbocycles. The molecule has 7 nitrogen and oxygen atoms in total. The van der Waals surface area contributed by atoms with Crippen molar-refractivity contribution in [2.75, 3.05) is 13.1 Å². The summed E-state index contributed by atoms with van der Waals surface area (Å²) in [5, 5.41) is 4.54. The number of rotatable bonds is 4. The summed E-state index contributed by atoms with van der Waals surface area (Å²) >= 11 is 0. The molecule has 1 saturated carbocycles. The first kappa shape index (κ1) is 20.3. The Morgan fingerprint density at radius 3 is 2.28 bits per heavy atom. The third-order valence-corrected chi connectivity index (χ3v) is 8.50. The lowest BCUT2D eigenvalue weighted by Gasteiger charge is -2.31. The molecule has 0 atom stereocenters. The Kier molecular flexibility index (Phi) is 5.42. The van der Waals surface area contributed by atoms with Gasteiger partial charge in [-0.2, -0.15) is 9.40 Å². The molecule has 1 saturated heterocycles. The first-order valence-corrected chi connectivity index (χ1v) is 12.0. The van der Waals surface area contributed by atoms with Crippen molar-refractivity contribution in [3.05, 3.63) is 45.6 Å². The molecule has 1 aromatic carbocycles. The van der Waals surface area contributed by atoms with Crippen LogP contribution in [0.5, 0.6) is 0 Å². The normalized spacial score (nSPS) is 19.8. The summed E-state index contributed by atoms with van der Waals surface area (Å²) in [6.07, 6.45) is 5.73. The molecule has 0 bridgehead atoms. The Morgan fingerprint density at radius 2 is 1.66 bits per heavy atom. The van der Waals surface area contributed by atoms with Gasteiger partial charge in [-0.3, -0.25) is 4.57 Å². The van der Waals surface area contributed by atoms with Gasteiger partial charge in [0, 0.05) is 32.1 Å². The van der Waals surface area contributed by atoms with Crippen LogP contribution in [0, 0.1) is 13.8 Å². The summed E-state index contributed by atoms with van der Waals surface area (Å²) in [6, 6.07) is 5.56. The lowest BCUT2D eigenvalue weighted by molar-refractivity contribution is 0.304. The number of sulfonamides is 1. The Hall–Kier alpha value is -1.93. The Labute approximate surface area is 172 Å². The smallest absolute Gasteiger partial charge is 0.276 e. The van der Waals surface area contributed by atoms with E-state index in [2.05, 4.69) is 5.10 Å². The predicted molar refractivity (Wildman–Crippen MR) is 112 cm³/mol. The monoisotopic (exact) mass is 418 g/mol. The standard InChI is InChI=1S/C21H30N4O3S/c1-15-8-9-19(14-16(15)2)29(27,28)24-12-10-17(11-13-24)20-22-23(3)21(26)25(20)18-6-4-5-7-18/h8-9,14,17-18H,4-7,10-13H2,1-3H3. The lowest BCUT2D eigenvalue weighted by atomic mass is 9.97. The Bertz CT molecular complexity index is 1060. The zero-order valence-electron chi connectivity index (χ0n) is 17.5. The van der Waals surface area contributed by atoms with Gasteiger partial charge in [0.15, 0.2) is 0 Å². The fourth-order valence-electron chi connectivity index (χ4n) is 4.66. The molecule has 4 rings (SSSR count). The van der Waals surface area contributed by atoms with Crippen molar-refractivity contribution in [2.24, 2.45) is 7.05 Å². The average Bonchev–Trinajstić information content (AvgIpc) is 3.32. The first-order valence-electron chi connectivity index (χ1n) is 10.5. The molecule has 2 heterocycles. The van der Waals surface area contributed by atoms with E-state index in [-0.39, 0.29) is 17.6 Å². The summed E-state index contributed by atoms with van der Waals surface area (Å²) in [5.41, 5.74) is 2.02. The molecule has 29 heavy (non-hydrogen) atoms. The van der Waals surface area contributed by atoms with Crippen molar-refractivity contribution >= 4 is 10.0 Å². The van der Waals surface area contributed by atoms with Crippen LogP contribution in [0.25, 0.3) is 0 Å². The second-order valence-electron chi connectivity index (χ2n) is 8.50. The molecule has 1 aliphatic heterocycles. The molecule has 2 fully saturated rings. The zero-order chi connectivity index (χ0) is 20.8. The molecule has 158 valence electrons. The molecule has 8 heteroatoms. The van der Waals surface area contributed by atoms with Gasteiger partial charge in [-0.05, 0) is 62.8 Å². The van der Waals surface area contributed by atoms with Crippen molar-refractivity contribution in [3.63, 3.8) is 0 Å². The van der Waals surface area contributed by atoms with Gasteiger partial charge >= 0.3 is 5.69 Å². The van der Waals surface area contributed by atoms with Gasteiger partial charge in [0.1, 0.15) is 5.82 Å². The number of benzene rings is 1. The second kappa shape index (κ2) is 7.72. The van der Waals surface area contributed by atoms with Crippen molar-refractivity contribution in [2.45, 2.75) is 69.2 Å². The van der Waals surface area contributed by atoms with Crippen molar-refractivity contribution in [3.8, 4) is 0 Å². The summed E-state index contributed by atoms with van der Waals surface area (Å²) in [7, 11) is -1.79. The minimum atomic E-state index is -3.50. The van der Waals surface area contributed by atoms with Crippen LogP contribution in [-0.2, 0) is 17.1 Å². The molecule has 0 unspecified atom stereocenters. The highest BCUT2D eigenvalue weighted by Crippen LogP contribution is 2.34. The van der Waals surface area contributed by atoms with E-state index in [0.717, 1.165) is 42.6 Å². The second-order valence-corrected chi connectivity index (χ2v) is 10.4. The molecular weight excluding hydrogens is 388 g/mol. The molecule has 2 aliphatic rings. The van der Waals surface area contributed by atoms with Crippen LogP contribution < -0.4 is 5.69 Å². The predicted octanol–water partition coefficient (Wildman–Crippen LogP) is 2.88. The van der Waals surface area contributed by atoms with Crippen molar-refractivity contribution in [1.29, 1.82) is 0 Å². The molecule has 2 aromatic rings. The van der Waals surface area contributed by atoms with Crippen LogP contribution in [0.4, 0.5) is 0 Å². The molecular formula is C21H30N4O3S. The van der Waals surface area contributed by atoms with Crippen LogP contribution in [0.2, 0.25) is 0 Å². The summed E-state index contributed by atoms with van der Waals surface area (Å²) in [6.45, 7) is 4.82. The molecule has 0 N–H and O–H groups in total. The van der Waals surface area contributed by atoms with Crippen LogP contribution in [0.3, 0.4) is 0 Å². The maximum atomic E-state index is 13.1. The van der Waals surface area contributed by atoms with Gasteiger partial charge < -0.3 is 0 Å². The summed E-state index contributed by atoms with van der Waals surface area (Å²) in [4.78, 5) is 13.0. The van der Waals surface area contributed by atoms with Gasteiger partial charge in [0.25, 0.3) is 0 Å². The first-order chi connectivity index (χ1) is 13.8. The van der Waals surface area contributed by atoms with Crippen molar-refractivity contribution < 1.29 is 8.42 Å². The van der Waals surface area contributed by atoms with E-state index in [1.807, 2.05) is 24.5 Å². The van der Waals surface area contributed by atoms with Gasteiger partial charge in [-0.15, -0.1) is 0 Å². The number of hydrogen-bond donors (Lipinski definition) is 0. The lowest BCUT2D eigenvalue weighted by Crippen LogP contribution is -2.38. The number of aromatic nitrogens is 3. The topological polar surface area (TPSA) is 77.2 Å². The van der Waals surface area contributed by atoms with Gasteiger partial charge in [0.2, 0.25) is 10.0 Å². The Morgan fingerprint density at radius 1 is 1.00 bits per heavy atom. The number of nitrogens with zero attached hydrogens (tertiary/aromatic N) is 4. The van der Waals surface area contributed by atoms with Gasteiger partial charge in [-0.1, -0.05) is 18.9 Å². The maximum absolute atomic E-state index is 13.1. The molecule has 0 amide bonds. The number of piperidine rings is 1. The van der Waals surface area contributed by atoms with Crippen LogP contribution in [0.15, 0.2) is 27.9 Å². The Balaban J connectivity index is 1.53. The third-order valence-electron chi connectivity index (χ3n) is 6.61. The fourth-order valence-corrected chi connectivity index (χ4v) is 6.22. The zero-order valence-corrected chi connectivity index (χ0v) is 18.3. The van der Waals surface area contributed by atoms with E-state index in [1.54, 1.807) is 23.5 Å². The molecule has 0 radical (unpaired) electrons. The summed E-state index contributed by atoms with van der Waals surface area (Å²) in [5.74, 6) is 0.961. The highest BCUT2D eigenvalue weighted by atomic mass is 32.2. The number of aryl methyl sites for hydroxylation is 3. The summed E-state index contributed by atoms with van der Waals surface area (Å²) < 4.78 is 31.1. The van der Waals surface area contributed by atoms with Crippen LogP contribution in [-0.4, -0.2) is 40.2 Å². The van der Waals surface area contributed by atoms with E-state index in [9.17, 15) is 13.2 Å². The van der Waals surface area contributed by atoms with E-state index < -0.39 is 10.0 Å². The van der Waals surface area contributed by atoms with Crippen LogP contribution in [0.1, 0.15) is 67.4 Å². The number of hydrogen-bond acceptors (Lipinski definition) is 4. The van der Waals surface area contributed by atoms with E-state index in [1.165, 1.54) is 4.68 Å². The van der Waals surface area contributed by atoms with Gasteiger partial charge in [-0.25, -0.2) is 17.9 Å². The quantitative estimate of drug-likeness (QED) is 0.765. The fraction of sp³-hybridized carbons (Fsp3) is 0.619. The average molecular weight is 419 g/mol. The highest BCUT2D eigenvalue weighted by Gasteiger charge is 2.34. The minimum Gasteiger partial charge on any atom is -0.276 e. The van der Waals surface area contributed by atoms with Gasteiger partial charge in [0.05, 0.1) is 4.90 Å². The van der Waals surface area contributed by atoms with Crippen molar-refractivity contribution in [1.82, 2.24) is 18.7 Å². The maximum Gasteiger partial charge on any atom is 0.345 e. The minimum absolute atomic E-state index is 0.0444. The van der Waals surface area contributed by atoms with E-state index >= 15 is 0 Å². The molecule has 1 aromatic heterocycles. The van der Waals surface area contributed by atoms with Crippen LogP contribution >= 0.6 is 0 Å². The largest absolute Gasteiger partial charge is 0.345 e. The highest BCUT2D eigenvalue weighted by molar-refractivity contribution is 7.89. The SMILES string of the molecule is Cc1ccc(S(=O)(=O)N2CCC(c3nn(C)c(=O)n3C3CCCC3)CC2)cc1C. The molecule has 0 spiro atoms. The van der Waals surface area contributed by atoms with E-state index in [4.69, 9.17) is 0 Å². The third kappa shape index (κ3) is 3.68. The van der Waals surface area contributed by atoms with E-state index in [0.29, 0.717) is 30.8 Å².